The SMILES string of the molecule is O=C(NCCS(=O)(=O)Nc1ccn2nccc2c1)c1cccc([N+](=O)[O-])c1. The molecule has 0 atom stereocenters. The van der Waals surface area contributed by atoms with Gasteiger partial charge in [-0.25, -0.2) is 12.9 Å². The third kappa shape index (κ3) is 4.58. The maximum Gasteiger partial charge on any atom is 0.270 e. The molecule has 0 fully saturated rings. The second-order valence-electron chi connectivity index (χ2n) is 5.60. The Kier molecular flexibility index (Phi) is 5.03. The predicted octanol–water partition coefficient (Wildman–Crippen LogP) is 1.41. The van der Waals surface area contributed by atoms with Crippen molar-refractivity contribution in [2.24, 2.45) is 0 Å². The predicted molar refractivity (Wildman–Crippen MR) is 98.0 cm³/mol. The van der Waals surface area contributed by atoms with Gasteiger partial charge in [0.25, 0.3) is 11.6 Å². The lowest BCUT2D eigenvalue weighted by molar-refractivity contribution is -0.384. The summed E-state index contributed by atoms with van der Waals surface area (Å²) in [5.74, 6) is -0.937. The Hall–Kier alpha value is -3.47. The van der Waals surface area contributed by atoms with Gasteiger partial charge in [0.15, 0.2) is 0 Å². The summed E-state index contributed by atoms with van der Waals surface area (Å²) in [6, 6.07) is 10.1. The number of carbonyl (C=O) groups is 1. The Bertz CT molecular complexity index is 1110. The number of benzene rings is 1. The first-order chi connectivity index (χ1) is 12.8. The molecular formula is C16H15N5O5S. The quantitative estimate of drug-likeness (QED) is 0.463. The highest BCUT2D eigenvalue weighted by molar-refractivity contribution is 7.92. The van der Waals surface area contributed by atoms with Gasteiger partial charge in [0.1, 0.15) is 0 Å². The van der Waals surface area contributed by atoms with E-state index in [1.54, 1.807) is 35.1 Å². The average molecular weight is 389 g/mol. The first kappa shape index (κ1) is 18.3. The molecule has 0 aliphatic heterocycles. The molecule has 0 radical (unpaired) electrons. The fraction of sp³-hybridized carbons (Fsp3) is 0.125. The number of fused-ring (bicyclic) bond motifs is 1. The van der Waals surface area contributed by atoms with Gasteiger partial charge >= 0.3 is 0 Å². The second kappa shape index (κ2) is 7.41. The summed E-state index contributed by atoms with van der Waals surface area (Å²) in [5, 5.41) is 17.2. The molecule has 0 spiro atoms. The minimum Gasteiger partial charge on any atom is -0.351 e. The van der Waals surface area contributed by atoms with Crippen LogP contribution in [0.3, 0.4) is 0 Å². The van der Waals surface area contributed by atoms with Crippen LogP contribution in [0.1, 0.15) is 10.4 Å². The number of anilines is 1. The van der Waals surface area contributed by atoms with E-state index >= 15 is 0 Å². The number of nitro benzene ring substituents is 1. The van der Waals surface area contributed by atoms with E-state index in [9.17, 15) is 23.3 Å². The molecule has 0 unspecified atom stereocenters. The number of amides is 1. The summed E-state index contributed by atoms with van der Waals surface area (Å²) >= 11 is 0. The van der Waals surface area contributed by atoms with Gasteiger partial charge in [0.05, 0.1) is 21.9 Å². The maximum absolute atomic E-state index is 12.2. The van der Waals surface area contributed by atoms with Crippen molar-refractivity contribution in [1.82, 2.24) is 14.9 Å². The zero-order valence-electron chi connectivity index (χ0n) is 13.9. The molecule has 10 nitrogen and oxygen atoms in total. The number of rotatable bonds is 7. The van der Waals surface area contributed by atoms with Crippen LogP contribution in [0.15, 0.2) is 54.9 Å². The van der Waals surface area contributed by atoms with Crippen molar-refractivity contribution in [1.29, 1.82) is 0 Å². The van der Waals surface area contributed by atoms with Gasteiger partial charge < -0.3 is 5.32 Å². The van der Waals surface area contributed by atoms with Gasteiger partial charge in [-0.15, -0.1) is 0 Å². The number of nitrogens with one attached hydrogen (secondary N) is 2. The van der Waals surface area contributed by atoms with Gasteiger partial charge in [-0.2, -0.15) is 5.10 Å². The van der Waals surface area contributed by atoms with Crippen LogP contribution in [0.4, 0.5) is 11.4 Å². The summed E-state index contributed by atoms with van der Waals surface area (Å²) in [6.07, 6.45) is 3.22. The molecule has 1 amide bonds. The molecule has 3 rings (SSSR count). The second-order valence-corrected chi connectivity index (χ2v) is 7.44. The Labute approximate surface area is 154 Å². The minimum atomic E-state index is -3.69. The van der Waals surface area contributed by atoms with Gasteiger partial charge in [-0.3, -0.25) is 19.6 Å². The summed E-state index contributed by atoms with van der Waals surface area (Å²) in [5.41, 5.74) is 0.982. The Morgan fingerprint density at radius 1 is 1.22 bits per heavy atom. The van der Waals surface area contributed by atoms with E-state index in [1.807, 2.05) is 0 Å². The lowest BCUT2D eigenvalue weighted by Crippen LogP contribution is -2.31. The molecule has 11 heteroatoms. The van der Waals surface area contributed by atoms with E-state index in [0.717, 1.165) is 11.6 Å². The van der Waals surface area contributed by atoms with E-state index in [0.29, 0.717) is 5.69 Å². The average Bonchev–Trinajstić information content (AvgIpc) is 3.09. The van der Waals surface area contributed by atoms with Gasteiger partial charge in [0, 0.05) is 36.6 Å². The van der Waals surface area contributed by atoms with Crippen LogP contribution in [0.5, 0.6) is 0 Å². The molecule has 1 aromatic carbocycles. The molecule has 0 bridgehead atoms. The lowest BCUT2D eigenvalue weighted by atomic mass is 10.2. The van der Waals surface area contributed by atoms with Crippen molar-refractivity contribution in [3.8, 4) is 0 Å². The smallest absolute Gasteiger partial charge is 0.270 e. The van der Waals surface area contributed by atoms with E-state index in [-0.39, 0.29) is 23.5 Å². The first-order valence-electron chi connectivity index (χ1n) is 7.81. The zero-order valence-corrected chi connectivity index (χ0v) is 14.7. The molecule has 2 heterocycles. The molecule has 140 valence electrons. The summed E-state index contributed by atoms with van der Waals surface area (Å²) in [6.45, 7) is -0.147. The van der Waals surface area contributed by atoms with Crippen molar-refractivity contribution in [3.05, 3.63) is 70.5 Å². The van der Waals surface area contributed by atoms with Gasteiger partial charge in [-0.1, -0.05) is 6.07 Å². The van der Waals surface area contributed by atoms with Crippen LogP contribution < -0.4 is 10.0 Å². The normalized spacial score (nSPS) is 11.3. The standard InChI is InChI=1S/C16H15N5O5S/c22-16(12-2-1-3-15(10-12)21(23)24)17-7-9-27(25,26)19-13-5-8-20-14(11-13)4-6-18-20/h1-6,8,10-11,19H,7,9H2,(H,17,22). The number of pyridine rings is 1. The fourth-order valence-electron chi connectivity index (χ4n) is 2.38. The Morgan fingerprint density at radius 2 is 2.04 bits per heavy atom. The number of carbonyl (C=O) groups excluding carboxylic acids is 1. The third-order valence-electron chi connectivity index (χ3n) is 3.65. The van der Waals surface area contributed by atoms with Crippen molar-refractivity contribution >= 4 is 32.8 Å². The largest absolute Gasteiger partial charge is 0.351 e. The molecule has 27 heavy (non-hydrogen) atoms. The van der Waals surface area contributed by atoms with Crippen LogP contribution in [0.2, 0.25) is 0 Å². The number of aromatic nitrogens is 2. The Morgan fingerprint density at radius 3 is 2.81 bits per heavy atom. The van der Waals surface area contributed by atoms with Crippen LogP contribution in [-0.2, 0) is 10.0 Å². The lowest BCUT2D eigenvalue weighted by Gasteiger charge is -2.09. The van der Waals surface area contributed by atoms with Crippen LogP contribution >= 0.6 is 0 Å². The van der Waals surface area contributed by atoms with Crippen molar-refractivity contribution in [3.63, 3.8) is 0 Å². The molecule has 0 aliphatic carbocycles. The number of sulfonamides is 1. The zero-order chi connectivity index (χ0) is 19.4. The highest BCUT2D eigenvalue weighted by Crippen LogP contribution is 2.14. The maximum atomic E-state index is 12.2. The van der Waals surface area contributed by atoms with Crippen LogP contribution in [0.25, 0.3) is 5.52 Å². The van der Waals surface area contributed by atoms with Crippen LogP contribution in [0, 0.1) is 10.1 Å². The highest BCUT2D eigenvalue weighted by atomic mass is 32.2. The molecule has 3 aromatic rings. The Balaban J connectivity index is 1.57. The van der Waals surface area contributed by atoms with E-state index in [4.69, 9.17) is 0 Å². The number of nitro groups is 1. The van der Waals surface area contributed by atoms with Crippen molar-refractivity contribution < 1.29 is 18.1 Å². The van der Waals surface area contributed by atoms with E-state index < -0.39 is 20.9 Å². The first-order valence-corrected chi connectivity index (χ1v) is 9.46. The minimum absolute atomic E-state index is 0.0840. The summed E-state index contributed by atoms with van der Waals surface area (Å²) < 4.78 is 28.3. The molecule has 2 aromatic heterocycles. The number of nitrogens with zero attached hydrogens (tertiary/aromatic N) is 3. The van der Waals surface area contributed by atoms with E-state index in [1.165, 1.54) is 18.2 Å². The molecule has 0 saturated carbocycles. The number of hydrogen-bond donors (Lipinski definition) is 2. The van der Waals surface area contributed by atoms with Gasteiger partial charge in [0.2, 0.25) is 10.0 Å². The fourth-order valence-corrected chi connectivity index (χ4v) is 3.34. The summed E-state index contributed by atoms with van der Waals surface area (Å²) in [4.78, 5) is 22.2. The van der Waals surface area contributed by atoms with Gasteiger partial charge in [-0.05, 0) is 24.3 Å². The van der Waals surface area contributed by atoms with Crippen LogP contribution in [-0.4, -0.2) is 41.2 Å². The third-order valence-corrected chi connectivity index (χ3v) is 4.94. The van der Waals surface area contributed by atoms with Crippen molar-refractivity contribution in [2.45, 2.75) is 0 Å². The van der Waals surface area contributed by atoms with Crippen molar-refractivity contribution in [2.75, 3.05) is 17.0 Å². The molecular weight excluding hydrogens is 374 g/mol. The van der Waals surface area contributed by atoms with E-state index in [2.05, 4.69) is 15.1 Å². The number of hydrogen-bond acceptors (Lipinski definition) is 6. The monoisotopic (exact) mass is 389 g/mol. The topological polar surface area (TPSA) is 136 Å². The highest BCUT2D eigenvalue weighted by Gasteiger charge is 2.14. The molecule has 0 saturated heterocycles. The molecule has 2 N–H and O–H groups in total. The summed E-state index contributed by atoms with van der Waals surface area (Å²) in [7, 11) is -3.69. The number of non-ortho nitro benzene ring substituents is 1. The molecule has 0 aliphatic rings.